The van der Waals surface area contributed by atoms with E-state index < -0.39 is 0 Å². The highest BCUT2D eigenvalue weighted by Crippen LogP contribution is 2.27. The molecule has 16 heavy (non-hydrogen) atoms. The highest BCUT2D eigenvalue weighted by atomic mass is 32.1. The fourth-order valence-corrected chi connectivity index (χ4v) is 1.91. The Bertz CT molecular complexity index is 496. The number of rotatable bonds is 3. The fraction of sp³-hybridized carbons (Fsp3) is 0.273. The third kappa shape index (κ3) is 2.37. The van der Waals surface area contributed by atoms with E-state index in [-0.39, 0.29) is 6.61 Å². The number of hydrogen-bond donors (Lipinski definition) is 1. The van der Waals surface area contributed by atoms with Gasteiger partial charge in [-0.25, -0.2) is 0 Å². The number of aliphatic hydroxyl groups excluding tert-OH is 1. The Morgan fingerprint density at radius 1 is 1.31 bits per heavy atom. The number of hydrogen-bond acceptors (Lipinski definition) is 5. The molecular formula is C11H12N2O2S. The molecule has 0 spiro atoms. The summed E-state index contributed by atoms with van der Waals surface area (Å²) in [5, 5.41) is 17.5. The molecule has 0 radical (unpaired) electrons. The van der Waals surface area contributed by atoms with Crippen molar-refractivity contribution in [3.8, 4) is 10.9 Å². The van der Waals surface area contributed by atoms with Gasteiger partial charge in [0.1, 0.15) is 10.8 Å². The molecule has 0 aliphatic heterocycles. The lowest BCUT2D eigenvalue weighted by Crippen LogP contribution is -1.87. The first-order valence-corrected chi connectivity index (χ1v) is 5.69. The molecule has 0 amide bonds. The predicted molar refractivity (Wildman–Crippen MR) is 61.8 cm³/mol. The normalized spacial score (nSPS) is 10.4. The highest BCUT2D eigenvalue weighted by Gasteiger charge is 2.07. The van der Waals surface area contributed by atoms with E-state index in [1.165, 1.54) is 16.9 Å². The van der Waals surface area contributed by atoms with Gasteiger partial charge in [0.2, 0.25) is 0 Å². The van der Waals surface area contributed by atoms with Crippen LogP contribution < -0.4 is 4.74 Å². The number of aliphatic hydroxyl groups is 1. The fourth-order valence-electron chi connectivity index (χ4n) is 1.35. The molecule has 1 N–H and O–H groups in total. The Hall–Kier alpha value is -1.46. The molecule has 1 aromatic heterocycles. The number of aromatic nitrogens is 2. The Balaban J connectivity index is 2.20. The smallest absolute Gasteiger partial charge is 0.299 e. The number of nitrogens with zero attached hydrogens (tertiary/aromatic N) is 2. The summed E-state index contributed by atoms with van der Waals surface area (Å²) in [5.41, 5.74) is 2.25. The predicted octanol–water partition coefficient (Wildman–Crippen LogP) is 2.44. The van der Waals surface area contributed by atoms with Crippen LogP contribution in [0.3, 0.4) is 0 Å². The average molecular weight is 236 g/mol. The maximum atomic E-state index is 8.86. The van der Waals surface area contributed by atoms with Crippen LogP contribution in [0.4, 0.5) is 0 Å². The zero-order valence-corrected chi connectivity index (χ0v) is 9.91. The summed E-state index contributed by atoms with van der Waals surface area (Å²) >= 11 is 1.25. The summed E-state index contributed by atoms with van der Waals surface area (Å²) < 4.78 is 5.58. The van der Waals surface area contributed by atoms with Crippen molar-refractivity contribution in [2.45, 2.75) is 20.5 Å². The van der Waals surface area contributed by atoms with Crippen molar-refractivity contribution in [3.05, 3.63) is 34.3 Å². The molecule has 4 nitrogen and oxygen atoms in total. The minimum Gasteiger partial charge on any atom is -0.430 e. The maximum absolute atomic E-state index is 8.86. The zero-order chi connectivity index (χ0) is 11.5. The third-order valence-corrected chi connectivity index (χ3v) is 2.90. The van der Waals surface area contributed by atoms with Gasteiger partial charge >= 0.3 is 0 Å². The Morgan fingerprint density at radius 3 is 2.75 bits per heavy atom. The first-order chi connectivity index (χ1) is 7.69. The van der Waals surface area contributed by atoms with Crippen LogP contribution in [-0.2, 0) is 6.61 Å². The van der Waals surface area contributed by atoms with E-state index in [2.05, 4.69) is 10.2 Å². The molecular weight excluding hydrogens is 224 g/mol. The van der Waals surface area contributed by atoms with Crippen LogP contribution in [0, 0.1) is 13.8 Å². The summed E-state index contributed by atoms with van der Waals surface area (Å²) in [6.45, 7) is 3.91. The summed E-state index contributed by atoms with van der Waals surface area (Å²) in [4.78, 5) is 0. The second-order valence-corrected chi connectivity index (χ2v) is 4.52. The van der Waals surface area contributed by atoms with Crippen LogP contribution in [-0.4, -0.2) is 15.3 Å². The van der Waals surface area contributed by atoms with E-state index in [0.717, 1.165) is 11.3 Å². The molecule has 0 aliphatic carbocycles. The van der Waals surface area contributed by atoms with Gasteiger partial charge in [-0.1, -0.05) is 34.1 Å². The van der Waals surface area contributed by atoms with E-state index in [0.29, 0.717) is 10.2 Å². The number of ether oxygens (including phenoxy) is 1. The molecule has 0 fully saturated rings. The maximum Gasteiger partial charge on any atom is 0.299 e. The number of aryl methyl sites for hydroxylation is 2. The van der Waals surface area contributed by atoms with Crippen LogP contribution in [0.25, 0.3) is 0 Å². The lowest BCUT2D eigenvalue weighted by molar-refractivity contribution is 0.280. The summed E-state index contributed by atoms with van der Waals surface area (Å²) in [6, 6.07) is 5.93. The zero-order valence-electron chi connectivity index (χ0n) is 9.10. The van der Waals surface area contributed by atoms with Gasteiger partial charge in [-0.2, -0.15) is 0 Å². The SMILES string of the molecule is Cc1ccc(Oc2nnc(CO)s2)c(C)c1. The van der Waals surface area contributed by atoms with Gasteiger partial charge in [0.05, 0.1) is 6.61 Å². The molecule has 2 aromatic rings. The monoisotopic (exact) mass is 236 g/mol. The first-order valence-electron chi connectivity index (χ1n) is 4.87. The minimum atomic E-state index is -0.103. The molecule has 0 bridgehead atoms. The lowest BCUT2D eigenvalue weighted by atomic mass is 10.1. The third-order valence-electron chi connectivity index (χ3n) is 2.11. The van der Waals surface area contributed by atoms with Gasteiger partial charge in [-0.3, -0.25) is 0 Å². The van der Waals surface area contributed by atoms with Crippen LogP contribution >= 0.6 is 11.3 Å². The van der Waals surface area contributed by atoms with E-state index >= 15 is 0 Å². The van der Waals surface area contributed by atoms with Crippen LogP contribution in [0.5, 0.6) is 10.9 Å². The van der Waals surface area contributed by atoms with Gasteiger partial charge in [-0.05, 0) is 25.5 Å². The van der Waals surface area contributed by atoms with Crippen molar-refractivity contribution in [1.29, 1.82) is 0 Å². The second-order valence-electron chi connectivity index (χ2n) is 3.49. The second kappa shape index (κ2) is 4.59. The van der Waals surface area contributed by atoms with Crippen LogP contribution in [0.2, 0.25) is 0 Å². The number of benzene rings is 1. The van der Waals surface area contributed by atoms with Crippen molar-refractivity contribution in [1.82, 2.24) is 10.2 Å². The summed E-state index contributed by atoms with van der Waals surface area (Å²) in [6.07, 6.45) is 0. The molecule has 2 rings (SSSR count). The van der Waals surface area contributed by atoms with Gasteiger partial charge in [-0.15, -0.1) is 5.10 Å². The van der Waals surface area contributed by atoms with Crippen molar-refractivity contribution in [3.63, 3.8) is 0 Å². The summed E-state index contributed by atoms with van der Waals surface area (Å²) in [7, 11) is 0. The van der Waals surface area contributed by atoms with Gasteiger partial charge in [0, 0.05) is 0 Å². The van der Waals surface area contributed by atoms with Crippen molar-refractivity contribution in [2.75, 3.05) is 0 Å². The molecule has 1 aromatic carbocycles. The van der Waals surface area contributed by atoms with Crippen molar-refractivity contribution < 1.29 is 9.84 Å². The molecule has 0 saturated heterocycles. The highest BCUT2D eigenvalue weighted by molar-refractivity contribution is 7.13. The van der Waals surface area contributed by atoms with Crippen molar-refractivity contribution >= 4 is 11.3 Å². The minimum absolute atomic E-state index is 0.103. The standard InChI is InChI=1S/C11H12N2O2S/c1-7-3-4-9(8(2)5-7)15-11-13-12-10(6-14)16-11/h3-5,14H,6H2,1-2H3. The van der Waals surface area contributed by atoms with E-state index in [1.54, 1.807) is 0 Å². The average Bonchev–Trinajstić information content (AvgIpc) is 2.70. The molecule has 1 heterocycles. The topological polar surface area (TPSA) is 55.2 Å². The quantitative estimate of drug-likeness (QED) is 0.889. The van der Waals surface area contributed by atoms with Gasteiger partial charge < -0.3 is 9.84 Å². The molecule has 0 aliphatic rings. The van der Waals surface area contributed by atoms with E-state index in [9.17, 15) is 0 Å². The Morgan fingerprint density at radius 2 is 2.12 bits per heavy atom. The molecule has 0 atom stereocenters. The largest absolute Gasteiger partial charge is 0.430 e. The summed E-state index contributed by atoms with van der Waals surface area (Å²) in [5.74, 6) is 0.770. The Kier molecular flexibility index (Phi) is 3.17. The lowest BCUT2D eigenvalue weighted by Gasteiger charge is -2.05. The molecule has 5 heteroatoms. The molecule has 0 saturated carbocycles. The molecule has 84 valence electrons. The Labute approximate surface area is 97.5 Å². The van der Waals surface area contributed by atoms with Gasteiger partial charge in [0.15, 0.2) is 0 Å². The van der Waals surface area contributed by atoms with E-state index in [4.69, 9.17) is 9.84 Å². The first kappa shape index (κ1) is 11.0. The van der Waals surface area contributed by atoms with Gasteiger partial charge in [0.25, 0.3) is 5.19 Å². The van der Waals surface area contributed by atoms with E-state index in [1.807, 2.05) is 32.0 Å². The molecule has 0 unspecified atom stereocenters. The van der Waals surface area contributed by atoms with Crippen LogP contribution in [0.1, 0.15) is 16.1 Å². The van der Waals surface area contributed by atoms with Crippen molar-refractivity contribution in [2.24, 2.45) is 0 Å². The van der Waals surface area contributed by atoms with Crippen LogP contribution in [0.15, 0.2) is 18.2 Å².